The smallest absolute Gasteiger partial charge is 0.230 e. The number of carbonyl (C=O) groups excluding carboxylic acids is 1. The lowest BCUT2D eigenvalue weighted by Gasteiger charge is -2.27. The summed E-state index contributed by atoms with van der Waals surface area (Å²) in [6.07, 6.45) is 6.45. The van der Waals surface area contributed by atoms with E-state index in [0.29, 0.717) is 17.8 Å². The van der Waals surface area contributed by atoms with Gasteiger partial charge < -0.3 is 9.88 Å². The van der Waals surface area contributed by atoms with Gasteiger partial charge in [-0.2, -0.15) is 0 Å². The molecule has 1 N–H and O–H groups in total. The molecule has 20 heavy (non-hydrogen) atoms. The fraction of sp³-hybridized carbons (Fsp3) is 0.786. The van der Waals surface area contributed by atoms with Crippen molar-refractivity contribution in [1.29, 1.82) is 0 Å². The molecule has 1 aromatic rings. The lowest BCUT2D eigenvalue weighted by Crippen LogP contribution is -2.38. The Labute approximate surface area is 124 Å². The van der Waals surface area contributed by atoms with Gasteiger partial charge in [-0.15, -0.1) is 10.2 Å². The highest BCUT2D eigenvalue weighted by Gasteiger charge is 2.20. The van der Waals surface area contributed by atoms with Gasteiger partial charge in [0.1, 0.15) is 6.33 Å². The number of aromatic nitrogens is 3. The monoisotopic (exact) mass is 296 g/mol. The number of carbonyl (C=O) groups is 1. The van der Waals surface area contributed by atoms with Crippen LogP contribution in [-0.4, -0.2) is 32.5 Å². The predicted octanol–water partition coefficient (Wildman–Crippen LogP) is 2.65. The maximum absolute atomic E-state index is 12.0. The average molecular weight is 296 g/mol. The largest absolute Gasteiger partial charge is 0.353 e. The van der Waals surface area contributed by atoms with Crippen LogP contribution in [0.15, 0.2) is 11.5 Å². The predicted molar refractivity (Wildman–Crippen MR) is 80.7 cm³/mol. The Bertz CT molecular complexity index is 446. The van der Waals surface area contributed by atoms with E-state index in [0.717, 1.165) is 23.9 Å². The maximum Gasteiger partial charge on any atom is 0.230 e. The minimum atomic E-state index is 0.104. The van der Waals surface area contributed by atoms with Gasteiger partial charge in [-0.25, -0.2) is 0 Å². The number of nitrogens with zero attached hydrogens (tertiary/aromatic N) is 3. The van der Waals surface area contributed by atoms with E-state index in [-0.39, 0.29) is 5.91 Å². The summed E-state index contributed by atoms with van der Waals surface area (Å²) in [7, 11) is 0. The summed E-state index contributed by atoms with van der Waals surface area (Å²) in [5, 5.41) is 11.9. The summed E-state index contributed by atoms with van der Waals surface area (Å²) >= 11 is 1.46. The van der Waals surface area contributed by atoms with Gasteiger partial charge in [0.15, 0.2) is 5.16 Å². The molecule has 0 aliphatic heterocycles. The third-order valence-electron chi connectivity index (χ3n) is 3.73. The van der Waals surface area contributed by atoms with Crippen molar-refractivity contribution in [1.82, 2.24) is 20.1 Å². The van der Waals surface area contributed by atoms with Gasteiger partial charge in [-0.3, -0.25) is 4.79 Å². The van der Waals surface area contributed by atoms with Crippen LogP contribution in [0.2, 0.25) is 0 Å². The molecule has 0 bridgehead atoms. The van der Waals surface area contributed by atoms with E-state index in [4.69, 9.17) is 0 Å². The molecule has 1 saturated carbocycles. The van der Waals surface area contributed by atoms with E-state index in [2.05, 4.69) is 36.3 Å². The first-order valence-corrected chi connectivity index (χ1v) is 8.36. The number of nitrogens with one attached hydrogen (secondary N) is 1. The molecule has 0 saturated heterocycles. The van der Waals surface area contributed by atoms with E-state index < -0.39 is 0 Å². The highest BCUT2D eigenvalue weighted by atomic mass is 32.2. The normalized spacial score (nSPS) is 23.0. The van der Waals surface area contributed by atoms with Crippen molar-refractivity contribution < 1.29 is 4.79 Å². The van der Waals surface area contributed by atoms with Crippen molar-refractivity contribution >= 4 is 17.7 Å². The Morgan fingerprint density at radius 1 is 1.55 bits per heavy atom. The van der Waals surface area contributed by atoms with Crippen molar-refractivity contribution in [2.24, 2.45) is 5.92 Å². The molecule has 1 fully saturated rings. The van der Waals surface area contributed by atoms with Gasteiger partial charge in [-0.1, -0.05) is 31.5 Å². The molecule has 0 spiro atoms. The molecule has 1 amide bonds. The van der Waals surface area contributed by atoms with Crippen LogP contribution in [0.5, 0.6) is 0 Å². The first kappa shape index (κ1) is 15.4. The molecule has 6 heteroatoms. The second kappa shape index (κ2) is 7.11. The lowest BCUT2D eigenvalue weighted by atomic mass is 9.87. The highest BCUT2D eigenvalue weighted by molar-refractivity contribution is 7.99. The van der Waals surface area contributed by atoms with Crippen LogP contribution in [0.1, 0.15) is 52.5 Å². The number of rotatable bonds is 5. The molecule has 1 aliphatic rings. The third kappa shape index (κ3) is 4.23. The Hall–Kier alpha value is -1.04. The fourth-order valence-electron chi connectivity index (χ4n) is 2.65. The minimum Gasteiger partial charge on any atom is -0.353 e. The molecule has 2 rings (SSSR count). The zero-order chi connectivity index (χ0) is 14.5. The van der Waals surface area contributed by atoms with Crippen LogP contribution in [0.25, 0.3) is 0 Å². The Balaban J connectivity index is 1.78. The minimum absolute atomic E-state index is 0.104. The van der Waals surface area contributed by atoms with Gasteiger partial charge in [0.2, 0.25) is 5.91 Å². The van der Waals surface area contributed by atoms with Gasteiger partial charge in [0, 0.05) is 12.1 Å². The molecule has 5 nitrogen and oxygen atoms in total. The summed E-state index contributed by atoms with van der Waals surface area (Å²) in [4.78, 5) is 12.0. The molecule has 112 valence electrons. The Morgan fingerprint density at radius 3 is 3.05 bits per heavy atom. The number of hydrogen-bond donors (Lipinski definition) is 1. The number of hydrogen-bond acceptors (Lipinski definition) is 4. The van der Waals surface area contributed by atoms with Crippen molar-refractivity contribution in [3.8, 4) is 0 Å². The number of thioether (sulfide) groups is 1. The van der Waals surface area contributed by atoms with Crippen LogP contribution in [0, 0.1) is 5.92 Å². The van der Waals surface area contributed by atoms with Gasteiger partial charge in [0.25, 0.3) is 0 Å². The van der Waals surface area contributed by atoms with Gasteiger partial charge in [-0.05, 0) is 32.6 Å². The van der Waals surface area contributed by atoms with Crippen molar-refractivity contribution in [3.05, 3.63) is 6.33 Å². The van der Waals surface area contributed by atoms with E-state index in [1.807, 2.05) is 4.57 Å². The molecular weight excluding hydrogens is 272 g/mol. The third-order valence-corrected chi connectivity index (χ3v) is 4.69. The van der Waals surface area contributed by atoms with Gasteiger partial charge in [0.05, 0.1) is 5.75 Å². The highest BCUT2D eigenvalue weighted by Crippen LogP contribution is 2.24. The lowest BCUT2D eigenvalue weighted by molar-refractivity contribution is -0.119. The molecule has 1 aliphatic carbocycles. The first-order chi connectivity index (χ1) is 9.56. The quantitative estimate of drug-likeness (QED) is 0.849. The van der Waals surface area contributed by atoms with Crippen LogP contribution in [0.3, 0.4) is 0 Å². The molecule has 2 unspecified atom stereocenters. The van der Waals surface area contributed by atoms with E-state index in [1.54, 1.807) is 6.33 Å². The van der Waals surface area contributed by atoms with Crippen LogP contribution in [-0.2, 0) is 4.79 Å². The Morgan fingerprint density at radius 2 is 2.35 bits per heavy atom. The molecule has 1 heterocycles. The molecule has 1 aromatic heterocycles. The fourth-order valence-corrected chi connectivity index (χ4v) is 3.51. The second-order valence-corrected chi connectivity index (χ2v) is 6.88. The van der Waals surface area contributed by atoms with Crippen LogP contribution < -0.4 is 5.32 Å². The van der Waals surface area contributed by atoms with Crippen LogP contribution >= 0.6 is 11.8 Å². The topological polar surface area (TPSA) is 59.8 Å². The van der Waals surface area contributed by atoms with Crippen molar-refractivity contribution in [2.45, 2.75) is 63.7 Å². The van der Waals surface area contributed by atoms with E-state index in [1.165, 1.54) is 24.6 Å². The molecule has 0 radical (unpaired) electrons. The summed E-state index contributed by atoms with van der Waals surface area (Å²) in [6, 6.07) is 0.671. The molecule has 2 atom stereocenters. The van der Waals surface area contributed by atoms with Gasteiger partial charge >= 0.3 is 0 Å². The summed E-state index contributed by atoms with van der Waals surface area (Å²) in [5.74, 6) is 1.24. The maximum atomic E-state index is 12.0. The summed E-state index contributed by atoms with van der Waals surface area (Å²) in [5.41, 5.74) is 0. The van der Waals surface area contributed by atoms with Crippen LogP contribution in [0.4, 0.5) is 0 Å². The standard InChI is InChI=1S/C14H24N4OS/c1-10(2)18-9-15-17-14(18)20-8-13(19)16-12-6-4-5-11(3)7-12/h9-12H,4-8H2,1-3H3,(H,16,19). The summed E-state index contributed by atoms with van der Waals surface area (Å²) in [6.45, 7) is 6.42. The zero-order valence-electron chi connectivity index (χ0n) is 12.5. The average Bonchev–Trinajstić information content (AvgIpc) is 2.85. The van der Waals surface area contributed by atoms with E-state index in [9.17, 15) is 4.79 Å². The van der Waals surface area contributed by atoms with Crippen molar-refractivity contribution in [3.63, 3.8) is 0 Å². The Kier molecular flexibility index (Phi) is 5.46. The second-order valence-electron chi connectivity index (χ2n) is 5.94. The number of amides is 1. The SMILES string of the molecule is CC1CCCC(NC(=O)CSc2nncn2C(C)C)C1. The molecular formula is C14H24N4OS. The van der Waals surface area contributed by atoms with Crippen molar-refractivity contribution in [2.75, 3.05) is 5.75 Å². The van der Waals surface area contributed by atoms with E-state index >= 15 is 0 Å². The zero-order valence-corrected chi connectivity index (χ0v) is 13.3. The summed E-state index contributed by atoms with van der Waals surface area (Å²) < 4.78 is 1.99. The molecule has 0 aromatic carbocycles. The first-order valence-electron chi connectivity index (χ1n) is 7.38.